The molecule has 0 fully saturated rings. The number of rotatable bonds is 1. The van der Waals surface area contributed by atoms with E-state index in [0.29, 0.717) is 0 Å². The largest absolute Gasteiger partial charge is 0.413 e. The first-order valence-electron chi connectivity index (χ1n) is 4.84. The summed E-state index contributed by atoms with van der Waals surface area (Å²) in [5.74, 6) is -2.90. The van der Waals surface area contributed by atoms with Crippen molar-refractivity contribution in [2.45, 2.75) is 26.3 Å². The number of carbonyl (C=O) groups excluding carboxylic acids is 1. The molecule has 0 atom stereocenters. The highest BCUT2D eigenvalue weighted by atomic mass is 35.5. The normalized spacial score (nSPS) is 11.2. The first kappa shape index (κ1) is 13.7. The van der Waals surface area contributed by atoms with Gasteiger partial charge in [0, 0.05) is 5.54 Å². The Balaban J connectivity index is 2.89. The molecule has 0 aliphatic heterocycles. The molecule has 0 aliphatic rings. The van der Waals surface area contributed by atoms with Crippen molar-refractivity contribution in [2.24, 2.45) is 0 Å². The number of hydrogen-bond acceptors (Lipinski definition) is 2. The minimum Gasteiger partial charge on any atom is -0.404 e. The van der Waals surface area contributed by atoms with E-state index in [1.807, 2.05) is 0 Å². The van der Waals surface area contributed by atoms with Crippen molar-refractivity contribution in [1.82, 2.24) is 5.32 Å². The summed E-state index contributed by atoms with van der Waals surface area (Å²) in [4.78, 5) is 11.3. The van der Waals surface area contributed by atoms with Gasteiger partial charge in [0.1, 0.15) is 0 Å². The molecule has 94 valence electrons. The second-order valence-electron chi connectivity index (χ2n) is 4.44. The highest BCUT2D eigenvalue weighted by Crippen LogP contribution is 2.27. The first-order chi connectivity index (χ1) is 7.70. The van der Waals surface area contributed by atoms with Crippen molar-refractivity contribution in [1.29, 1.82) is 0 Å². The molecule has 0 unspecified atom stereocenters. The standard InChI is InChI=1S/C11H12ClF2NO2/c1-11(2,3)15-10(16)17-9-7(13)5-4-6(12)8(9)14/h4-5H,1-3H3,(H,15,16). The Bertz CT molecular complexity index is 444. The summed E-state index contributed by atoms with van der Waals surface area (Å²) in [6, 6.07) is 1.96. The maximum Gasteiger partial charge on any atom is 0.413 e. The van der Waals surface area contributed by atoms with Gasteiger partial charge >= 0.3 is 6.09 Å². The van der Waals surface area contributed by atoms with E-state index in [4.69, 9.17) is 11.6 Å². The molecule has 0 aliphatic carbocycles. The topological polar surface area (TPSA) is 38.3 Å². The second kappa shape index (κ2) is 4.87. The Morgan fingerprint density at radius 1 is 1.35 bits per heavy atom. The van der Waals surface area contributed by atoms with Crippen molar-refractivity contribution >= 4 is 17.7 Å². The molecule has 0 saturated heterocycles. The van der Waals surface area contributed by atoms with E-state index in [-0.39, 0.29) is 5.02 Å². The lowest BCUT2D eigenvalue weighted by molar-refractivity contribution is 0.186. The van der Waals surface area contributed by atoms with Crippen LogP contribution in [-0.2, 0) is 0 Å². The van der Waals surface area contributed by atoms with Gasteiger partial charge in [-0.15, -0.1) is 0 Å². The van der Waals surface area contributed by atoms with Crippen molar-refractivity contribution in [3.05, 3.63) is 28.8 Å². The molecule has 3 nitrogen and oxygen atoms in total. The van der Waals surface area contributed by atoms with E-state index in [9.17, 15) is 13.6 Å². The Morgan fingerprint density at radius 2 is 1.94 bits per heavy atom. The lowest BCUT2D eigenvalue weighted by atomic mass is 10.1. The lowest BCUT2D eigenvalue weighted by Crippen LogP contribution is -2.42. The minimum atomic E-state index is -1.10. The number of ether oxygens (including phenoxy) is 1. The van der Waals surface area contributed by atoms with Gasteiger partial charge in [0.2, 0.25) is 5.75 Å². The number of amides is 1. The molecule has 0 radical (unpaired) electrons. The summed E-state index contributed by atoms with van der Waals surface area (Å²) in [5.41, 5.74) is -0.567. The molecule has 0 bridgehead atoms. The third kappa shape index (κ3) is 3.85. The summed E-state index contributed by atoms with van der Waals surface area (Å²) in [6.45, 7) is 5.12. The van der Waals surface area contributed by atoms with Crippen molar-refractivity contribution in [3.63, 3.8) is 0 Å². The summed E-state index contributed by atoms with van der Waals surface area (Å²) in [6.07, 6.45) is -0.947. The minimum absolute atomic E-state index is 0.315. The fourth-order valence-corrected chi connectivity index (χ4v) is 1.18. The summed E-state index contributed by atoms with van der Waals surface area (Å²) < 4.78 is 31.1. The van der Waals surface area contributed by atoms with Gasteiger partial charge < -0.3 is 10.1 Å². The van der Waals surface area contributed by atoms with Crippen LogP contribution in [0.15, 0.2) is 12.1 Å². The van der Waals surface area contributed by atoms with Crippen LogP contribution in [0.1, 0.15) is 20.8 Å². The molecule has 0 saturated carbocycles. The fourth-order valence-electron chi connectivity index (χ4n) is 1.03. The van der Waals surface area contributed by atoms with Crippen molar-refractivity contribution < 1.29 is 18.3 Å². The number of carbonyl (C=O) groups is 1. The number of nitrogens with one attached hydrogen (secondary N) is 1. The van der Waals surface area contributed by atoms with E-state index in [1.165, 1.54) is 0 Å². The molecule has 17 heavy (non-hydrogen) atoms. The third-order valence-corrected chi connectivity index (χ3v) is 1.97. The predicted octanol–water partition coefficient (Wildman–Crippen LogP) is 3.51. The molecule has 1 N–H and O–H groups in total. The molecule has 6 heteroatoms. The number of benzene rings is 1. The van der Waals surface area contributed by atoms with Crippen molar-refractivity contribution in [2.75, 3.05) is 0 Å². The van der Waals surface area contributed by atoms with Crippen LogP contribution in [0.4, 0.5) is 13.6 Å². The Kier molecular flexibility index (Phi) is 3.93. The fraction of sp³-hybridized carbons (Fsp3) is 0.364. The van der Waals surface area contributed by atoms with Crippen LogP contribution < -0.4 is 10.1 Å². The molecule has 1 aromatic rings. The Morgan fingerprint density at radius 3 is 2.47 bits per heavy atom. The SMILES string of the molecule is CC(C)(C)NC(=O)Oc1c(F)ccc(Cl)c1F. The van der Waals surface area contributed by atoms with Gasteiger partial charge in [-0.2, -0.15) is 0 Å². The molecule has 1 rings (SSSR count). The smallest absolute Gasteiger partial charge is 0.404 e. The van der Waals surface area contributed by atoms with Gasteiger partial charge in [0.05, 0.1) is 5.02 Å². The number of halogens is 3. The zero-order valence-corrected chi connectivity index (χ0v) is 10.4. The van der Waals surface area contributed by atoms with Crippen LogP contribution in [0.5, 0.6) is 5.75 Å². The maximum atomic E-state index is 13.4. The Hall–Kier alpha value is -1.36. The molecular formula is C11H12ClF2NO2. The van der Waals surface area contributed by atoms with E-state index in [1.54, 1.807) is 20.8 Å². The average Bonchev–Trinajstić information content (AvgIpc) is 2.16. The van der Waals surface area contributed by atoms with Crippen LogP contribution in [0, 0.1) is 11.6 Å². The average molecular weight is 264 g/mol. The highest BCUT2D eigenvalue weighted by Gasteiger charge is 2.20. The van der Waals surface area contributed by atoms with Crippen LogP contribution in [0.2, 0.25) is 5.02 Å². The van der Waals surface area contributed by atoms with E-state index >= 15 is 0 Å². The summed E-state index contributed by atoms with van der Waals surface area (Å²) in [7, 11) is 0. The van der Waals surface area contributed by atoms with E-state index < -0.39 is 29.0 Å². The monoisotopic (exact) mass is 263 g/mol. The summed E-state index contributed by atoms with van der Waals surface area (Å²) in [5, 5.41) is 2.09. The van der Waals surface area contributed by atoms with E-state index in [0.717, 1.165) is 12.1 Å². The van der Waals surface area contributed by atoms with Gasteiger partial charge in [-0.25, -0.2) is 13.6 Å². The maximum absolute atomic E-state index is 13.4. The molecule has 0 heterocycles. The Labute approximate surface area is 103 Å². The quantitative estimate of drug-likeness (QED) is 0.788. The zero-order valence-electron chi connectivity index (χ0n) is 9.61. The van der Waals surface area contributed by atoms with Gasteiger partial charge in [-0.05, 0) is 32.9 Å². The van der Waals surface area contributed by atoms with E-state index in [2.05, 4.69) is 10.1 Å². The zero-order chi connectivity index (χ0) is 13.2. The number of hydrogen-bond donors (Lipinski definition) is 1. The summed E-state index contributed by atoms with van der Waals surface area (Å²) >= 11 is 5.45. The van der Waals surface area contributed by atoms with Gasteiger partial charge in [-0.3, -0.25) is 0 Å². The second-order valence-corrected chi connectivity index (χ2v) is 4.84. The van der Waals surface area contributed by atoms with Gasteiger partial charge in [-0.1, -0.05) is 11.6 Å². The lowest BCUT2D eigenvalue weighted by Gasteiger charge is -2.20. The van der Waals surface area contributed by atoms with Crippen LogP contribution >= 0.6 is 11.6 Å². The third-order valence-electron chi connectivity index (χ3n) is 1.67. The van der Waals surface area contributed by atoms with Crippen LogP contribution in [0.25, 0.3) is 0 Å². The van der Waals surface area contributed by atoms with Gasteiger partial charge in [0.25, 0.3) is 0 Å². The molecule has 1 aromatic carbocycles. The highest BCUT2D eigenvalue weighted by molar-refractivity contribution is 6.30. The van der Waals surface area contributed by atoms with Crippen LogP contribution in [-0.4, -0.2) is 11.6 Å². The molecular weight excluding hydrogens is 252 g/mol. The first-order valence-corrected chi connectivity index (χ1v) is 5.22. The molecule has 1 amide bonds. The molecule has 0 spiro atoms. The predicted molar refractivity (Wildman–Crippen MR) is 60.3 cm³/mol. The van der Waals surface area contributed by atoms with Crippen LogP contribution in [0.3, 0.4) is 0 Å². The van der Waals surface area contributed by atoms with Gasteiger partial charge in [0.15, 0.2) is 11.6 Å². The van der Waals surface area contributed by atoms with Crippen molar-refractivity contribution in [3.8, 4) is 5.75 Å². The molecule has 0 aromatic heterocycles.